The number of nitrogens with one attached hydrogen (secondary N) is 2. The molecule has 0 aliphatic carbocycles. The van der Waals surface area contributed by atoms with Crippen LogP contribution in [0.4, 0.5) is 0 Å². The van der Waals surface area contributed by atoms with E-state index < -0.39 is 0 Å². The van der Waals surface area contributed by atoms with E-state index in [1.165, 1.54) is 6.42 Å². The van der Waals surface area contributed by atoms with E-state index in [0.29, 0.717) is 29.2 Å². The Hall–Kier alpha value is -2.11. The Bertz CT molecular complexity index is 555. The highest BCUT2D eigenvalue weighted by Gasteiger charge is 2.13. The van der Waals surface area contributed by atoms with Crippen molar-refractivity contribution < 1.29 is 14.2 Å². The van der Waals surface area contributed by atoms with Gasteiger partial charge in [0, 0.05) is 13.1 Å². The molecule has 0 saturated carbocycles. The molecule has 0 atom stereocenters. The van der Waals surface area contributed by atoms with Crippen molar-refractivity contribution in [3.05, 3.63) is 17.7 Å². The summed E-state index contributed by atoms with van der Waals surface area (Å²) >= 11 is 0. The number of benzene rings is 1. The third-order valence-electron chi connectivity index (χ3n) is 3.88. The molecule has 0 amide bonds. The number of aliphatic imine (C=N–C) groups is 1. The largest absolute Gasteiger partial charge is 0.493 e. The van der Waals surface area contributed by atoms with Crippen molar-refractivity contribution in [1.82, 2.24) is 10.6 Å². The number of hydrogen-bond donors (Lipinski definition) is 2. The number of rotatable bonds is 9. The van der Waals surface area contributed by atoms with Crippen LogP contribution < -0.4 is 24.8 Å². The first-order chi connectivity index (χ1) is 12.3. The van der Waals surface area contributed by atoms with Gasteiger partial charge in [-0.25, -0.2) is 4.99 Å². The lowest BCUT2D eigenvalue weighted by Gasteiger charge is -2.18. The monoisotopic (exact) mass is 365 g/mol. The van der Waals surface area contributed by atoms with Gasteiger partial charge in [0.05, 0.1) is 27.9 Å². The molecule has 0 heterocycles. The van der Waals surface area contributed by atoms with E-state index in [1.54, 1.807) is 21.3 Å². The molecule has 0 radical (unpaired) electrons. The van der Waals surface area contributed by atoms with Gasteiger partial charge in [0.1, 0.15) is 0 Å². The standard InChI is InChI=1S/C20H35N3O3/c1-8-21-19(22-11-9-10-20(2,3)4)23-14-15-12-16(24-5)18(26-7)17(13-15)25-6/h12-13H,8-11,14H2,1-7H3,(H2,21,22,23). The predicted molar refractivity (Wildman–Crippen MR) is 108 cm³/mol. The van der Waals surface area contributed by atoms with Crippen molar-refractivity contribution in [2.45, 2.75) is 47.1 Å². The van der Waals surface area contributed by atoms with E-state index in [9.17, 15) is 0 Å². The number of hydrogen-bond acceptors (Lipinski definition) is 4. The number of guanidine groups is 1. The molecule has 0 aliphatic rings. The van der Waals surface area contributed by atoms with Crippen LogP contribution in [0, 0.1) is 5.41 Å². The third-order valence-corrected chi connectivity index (χ3v) is 3.88. The van der Waals surface area contributed by atoms with Gasteiger partial charge in [-0.15, -0.1) is 0 Å². The van der Waals surface area contributed by atoms with Crippen LogP contribution in [0.1, 0.15) is 46.1 Å². The summed E-state index contributed by atoms with van der Waals surface area (Å²) in [7, 11) is 4.83. The van der Waals surface area contributed by atoms with Crippen molar-refractivity contribution in [3.63, 3.8) is 0 Å². The minimum Gasteiger partial charge on any atom is -0.493 e. The van der Waals surface area contributed by atoms with Crippen LogP contribution in [-0.4, -0.2) is 40.4 Å². The van der Waals surface area contributed by atoms with Crippen molar-refractivity contribution in [3.8, 4) is 17.2 Å². The fourth-order valence-electron chi connectivity index (χ4n) is 2.56. The van der Waals surface area contributed by atoms with Gasteiger partial charge in [-0.2, -0.15) is 0 Å². The summed E-state index contributed by atoms with van der Waals surface area (Å²) in [6, 6.07) is 3.85. The number of nitrogens with zero attached hydrogens (tertiary/aromatic N) is 1. The highest BCUT2D eigenvalue weighted by molar-refractivity contribution is 5.79. The molecule has 26 heavy (non-hydrogen) atoms. The van der Waals surface area contributed by atoms with Crippen LogP contribution >= 0.6 is 0 Å². The van der Waals surface area contributed by atoms with E-state index in [0.717, 1.165) is 31.0 Å². The first kappa shape index (κ1) is 21.9. The third kappa shape index (κ3) is 7.42. The second-order valence-corrected chi connectivity index (χ2v) is 7.32. The maximum Gasteiger partial charge on any atom is 0.203 e. The molecule has 1 rings (SSSR count). The van der Waals surface area contributed by atoms with E-state index in [-0.39, 0.29) is 0 Å². The first-order valence-electron chi connectivity index (χ1n) is 9.15. The summed E-state index contributed by atoms with van der Waals surface area (Å²) in [4.78, 5) is 4.67. The lowest BCUT2D eigenvalue weighted by atomic mass is 9.91. The van der Waals surface area contributed by atoms with Gasteiger partial charge in [-0.05, 0) is 42.9 Å². The summed E-state index contributed by atoms with van der Waals surface area (Å²) in [6.45, 7) is 11.1. The van der Waals surface area contributed by atoms with Gasteiger partial charge in [-0.3, -0.25) is 0 Å². The van der Waals surface area contributed by atoms with E-state index in [4.69, 9.17) is 14.2 Å². The Morgan fingerprint density at radius 3 is 2.08 bits per heavy atom. The van der Waals surface area contributed by atoms with Crippen LogP contribution in [0.15, 0.2) is 17.1 Å². The van der Waals surface area contributed by atoms with Gasteiger partial charge in [0.2, 0.25) is 5.75 Å². The topological polar surface area (TPSA) is 64.1 Å². The van der Waals surface area contributed by atoms with Gasteiger partial charge in [0.15, 0.2) is 17.5 Å². The highest BCUT2D eigenvalue weighted by Crippen LogP contribution is 2.38. The molecular weight excluding hydrogens is 330 g/mol. The average molecular weight is 366 g/mol. The van der Waals surface area contributed by atoms with Gasteiger partial charge in [-0.1, -0.05) is 20.8 Å². The summed E-state index contributed by atoms with van der Waals surface area (Å²) in [5.74, 6) is 2.69. The Labute approximate surface area is 158 Å². The molecule has 0 spiro atoms. The second kappa shape index (κ2) is 10.8. The van der Waals surface area contributed by atoms with Crippen molar-refractivity contribution >= 4 is 5.96 Å². The minimum absolute atomic E-state index is 0.355. The zero-order valence-electron chi connectivity index (χ0n) is 17.4. The summed E-state index contributed by atoms with van der Waals surface area (Å²) < 4.78 is 16.2. The molecule has 6 heteroatoms. The average Bonchev–Trinajstić information content (AvgIpc) is 2.61. The normalized spacial score (nSPS) is 11.9. The summed E-state index contributed by atoms with van der Waals surface area (Å²) in [6.07, 6.45) is 2.28. The van der Waals surface area contributed by atoms with Gasteiger partial charge in [0.25, 0.3) is 0 Å². The molecule has 0 saturated heterocycles. The number of methoxy groups -OCH3 is 3. The van der Waals surface area contributed by atoms with Gasteiger partial charge < -0.3 is 24.8 Å². The molecular formula is C20H35N3O3. The fraction of sp³-hybridized carbons (Fsp3) is 0.650. The second-order valence-electron chi connectivity index (χ2n) is 7.32. The van der Waals surface area contributed by atoms with Gasteiger partial charge >= 0.3 is 0 Å². The van der Waals surface area contributed by atoms with Crippen molar-refractivity contribution in [2.75, 3.05) is 34.4 Å². The molecule has 148 valence electrons. The smallest absolute Gasteiger partial charge is 0.203 e. The molecule has 0 unspecified atom stereocenters. The zero-order valence-corrected chi connectivity index (χ0v) is 17.4. The Kier molecular flexibility index (Phi) is 9.10. The highest BCUT2D eigenvalue weighted by atomic mass is 16.5. The van der Waals surface area contributed by atoms with Crippen molar-refractivity contribution in [2.24, 2.45) is 10.4 Å². The Morgan fingerprint density at radius 1 is 1.00 bits per heavy atom. The summed E-state index contributed by atoms with van der Waals surface area (Å²) in [5, 5.41) is 6.68. The van der Waals surface area contributed by atoms with Crippen LogP contribution in [0.2, 0.25) is 0 Å². The lowest BCUT2D eigenvalue weighted by molar-refractivity contribution is 0.324. The molecule has 0 fully saturated rings. The predicted octanol–water partition coefficient (Wildman–Crippen LogP) is 3.59. The maximum atomic E-state index is 5.40. The van der Waals surface area contributed by atoms with Crippen LogP contribution in [0.25, 0.3) is 0 Å². The summed E-state index contributed by atoms with van der Waals surface area (Å²) in [5.41, 5.74) is 1.35. The molecule has 0 bridgehead atoms. The lowest BCUT2D eigenvalue weighted by Crippen LogP contribution is -2.38. The maximum absolute atomic E-state index is 5.40. The van der Waals surface area contributed by atoms with E-state index in [2.05, 4.69) is 43.3 Å². The van der Waals surface area contributed by atoms with Crippen LogP contribution in [0.5, 0.6) is 17.2 Å². The van der Waals surface area contributed by atoms with Crippen LogP contribution in [0.3, 0.4) is 0 Å². The van der Waals surface area contributed by atoms with Crippen molar-refractivity contribution in [1.29, 1.82) is 0 Å². The SMILES string of the molecule is CCNC(=NCc1cc(OC)c(OC)c(OC)c1)NCCCC(C)(C)C. The Balaban J connectivity index is 2.79. The zero-order chi connectivity index (χ0) is 19.6. The fourth-order valence-corrected chi connectivity index (χ4v) is 2.56. The molecule has 0 aromatic heterocycles. The molecule has 1 aromatic rings. The number of ether oxygens (including phenoxy) is 3. The molecule has 2 N–H and O–H groups in total. The first-order valence-corrected chi connectivity index (χ1v) is 9.15. The molecule has 6 nitrogen and oxygen atoms in total. The minimum atomic E-state index is 0.355. The van der Waals surface area contributed by atoms with E-state index in [1.807, 2.05) is 12.1 Å². The Morgan fingerprint density at radius 2 is 1.62 bits per heavy atom. The quantitative estimate of drug-likeness (QED) is 0.398. The van der Waals surface area contributed by atoms with E-state index >= 15 is 0 Å². The molecule has 0 aliphatic heterocycles. The van der Waals surface area contributed by atoms with Crippen LogP contribution in [-0.2, 0) is 6.54 Å². The molecule has 1 aromatic carbocycles.